The van der Waals surface area contributed by atoms with Crippen molar-refractivity contribution < 1.29 is 18.8 Å². The van der Waals surface area contributed by atoms with E-state index in [9.17, 15) is 14.4 Å². The van der Waals surface area contributed by atoms with Crippen molar-refractivity contribution in [3.63, 3.8) is 0 Å². The number of nitrogens with zero attached hydrogens (tertiary/aromatic N) is 3. The molecule has 10 heteroatoms. The van der Waals surface area contributed by atoms with E-state index in [1.165, 1.54) is 11.8 Å². The number of hydrogen-bond donors (Lipinski definition) is 1. The second-order valence-electron chi connectivity index (χ2n) is 6.21. The lowest BCUT2D eigenvalue weighted by Crippen LogP contribution is -2.37. The Morgan fingerprint density at radius 2 is 2.10 bits per heavy atom. The first-order valence-corrected chi connectivity index (χ1v) is 10.8. The topological polar surface area (TPSA) is 105 Å². The monoisotopic (exact) mass is 440 g/mol. The standard InChI is InChI=1S/C20H16N4O4S2/c25-17(12-29-19-23-14-5-1-2-6-15(14)28-19)22-8-9-24-18(26)16(30-20(24)27)10-13-4-3-7-21-11-13/h1-7,10-11H,8-9,12H2,(H,22,25). The molecule has 8 nitrogen and oxygen atoms in total. The van der Waals surface area contributed by atoms with Crippen LogP contribution in [0.3, 0.4) is 0 Å². The summed E-state index contributed by atoms with van der Waals surface area (Å²) in [4.78, 5) is 46.4. The molecule has 1 N–H and O–H groups in total. The molecule has 3 amide bonds. The second-order valence-corrected chi connectivity index (χ2v) is 8.13. The number of fused-ring (bicyclic) bond motifs is 1. The highest BCUT2D eigenvalue weighted by Crippen LogP contribution is 2.31. The Kier molecular flexibility index (Phi) is 6.15. The van der Waals surface area contributed by atoms with E-state index in [4.69, 9.17) is 4.42 Å². The fourth-order valence-corrected chi connectivity index (χ4v) is 4.24. The van der Waals surface area contributed by atoms with Crippen molar-refractivity contribution in [2.24, 2.45) is 0 Å². The summed E-state index contributed by atoms with van der Waals surface area (Å²) in [6.07, 6.45) is 4.88. The normalized spacial score (nSPS) is 15.3. The average molecular weight is 441 g/mol. The largest absolute Gasteiger partial charge is 0.431 e. The molecule has 30 heavy (non-hydrogen) atoms. The molecule has 4 rings (SSSR count). The highest BCUT2D eigenvalue weighted by Gasteiger charge is 2.34. The molecule has 0 radical (unpaired) electrons. The smallest absolute Gasteiger partial charge is 0.293 e. The summed E-state index contributed by atoms with van der Waals surface area (Å²) < 4.78 is 5.55. The molecule has 0 spiro atoms. The van der Waals surface area contributed by atoms with Gasteiger partial charge in [0.1, 0.15) is 5.52 Å². The Morgan fingerprint density at radius 3 is 2.90 bits per heavy atom. The quantitative estimate of drug-likeness (QED) is 0.441. The van der Waals surface area contributed by atoms with Crippen LogP contribution in [0, 0.1) is 0 Å². The van der Waals surface area contributed by atoms with Gasteiger partial charge in [-0.1, -0.05) is 30.0 Å². The van der Waals surface area contributed by atoms with E-state index in [0.29, 0.717) is 15.7 Å². The first-order chi connectivity index (χ1) is 14.6. The number of rotatable bonds is 7. The van der Waals surface area contributed by atoms with Gasteiger partial charge in [-0.05, 0) is 41.6 Å². The molecule has 2 aromatic heterocycles. The van der Waals surface area contributed by atoms with Crippen molar-refractivity contribution in [1.82, 2.24) is 20.2 Å². The summed E-state index contributed by atoms with van der Waals surface area (Å²) in [6, 6.07) is 10.9. The maximum atomic E-state index is 12.5. The predicted octanol–water partition coefficient (Wildman–Crippen LogP) is 3.17. The summed E-state index contributed by atoms with van der Waals surface area (Å²) in [5, 5.41) is 2.76. The highest BCUT2D eigenvalue weighted by atomic mass is 32.2. The van der Waals surface area contributed by atoms with Crippen LogP contribution in [0.5, 0.6) is 0 Å². The molecule has 1 aliphatic rings. The van der Waals surface area contributed by atoms with Gasteiger partial charge < -0.3 is 9.73 Å². The van der Waals surface area contributed by atoms with Crippen LogP contribution in [-0.4, -0.2) is 50.8 Å². The van der Waals surface area contributed by atoms with Crippen LogP contribution in [-0.2, 0) is 9.59 Å². The molecule has 1 fully saturated rings. The summed E-state index contributed by atoms with van der Waals surface area (Å²) in [6.45, 7) is 0.277. The van der Waals surface area contributed by atoms with Gasteiger partial charge in [0.2, 0.25) is 5.91 Å². The van der Waals surface area contributed by atoms with Crippen LogP contribution < -0.4 is 5.32 Å². The van der Waals surface area contributed by atoms with Crippen molar-refractivity contribution in [2.45, 2.75) is 5.22 Å². The molecule has 0 aliphatic carbocycles. The van der Waals surface area contributed by atoms with Gasteiger partial charge in [0.25, 0.3) is 16.4 Å². The van der Waals surface area contributed by atoms with E-state index < -0.39 is 0 Å². The minimum atomic E-state index is -0.371. The molecule has 3 aromatic rings. The van der Waals surface area contributed by atoms with Gasteiger partial charge in [0.15, 0.2) is 5.58 Å². The van der Waals surface area contributed by atoms with Gasteiger partial charge in [-0.2, -0.15) is 0 Å². The zero-order chi connectivity index (χ0) is 20.9. The van der Waals surface area contributed by atoms with Gasteiger partial charge in [0.05, 0.1) is 10.7 Å². The third-order valence-electron chi connectivity index (χ3n) is 4.11. The van der Waals surface area contributed by atoms with Gasteiger partial charge in [0, 0.05) is 25.5 Å². The number of aromatic nitrogens is 2. The molecular weight excluding hydrogens is 424 g/mol. The first kappa shape index (κ1) is 20.2. The number of nitrogens with one attached hydrogen (secondary N) is 1. The number of carbonyl (C=O) groups is 3. The number of benzene rings is 1. The minimum absolute atomic E-state index is 0.105. The lowest BCUT2D eigenvalue weighted by Gasteiger charge is -2.12. The molecule has 1 aromatic carbocycles. The van der Waals surface area contributed by atoms with E-state index in [2.05, 4.69) is 15.3 Å². The Balaban J connectivity index is 1.25. The third kappa shape index (κ3) is 4.71. The van der Waals surface area contributed by atoms with E-state index in [1.54, 1.807) is 30.6 Å². The number of para-hydroxylation sites is 2. The van der Waals surface area contributed by atoms with E-state index in [-0.39, 0.29) is 35.9 Å². The maximum absolute atomic E-state index is 12.5. The zero-order valence-corrected chi connectivity index (χ0v) is 17.2. The fraction of sp³-hybridized carbons (Fsp3) is 0.150. The molecule has 152 valence electrons. The van der Waals surface area contributed by atoms with Crippen molar-refractivity contribution in [3.05, 3.63) is 59.3 Å². The summed E-state index contributed by atoms with van der Waals surface area (Å²) in [7, 11) is 0. The zero-order valence-electron chi connectivity index (χ0n) is 15.6. The average Bonchev–Trinajstić information content (AvgIpc) is 3.28. The van der Waals surface area contributed by atoms with E-state index in [0.717, 1.165) is 27.7 Å². The van der Waals surface area contributed by atoms with Crippen LogP contribution in [0.1, 0.15) is 5.56 Å². The van der Waals surface area contributed by atoms with Crippen molar-refractivity contribution in [3.8, 4) is 0 Å². The summed E-state index contributed by atoms with van der Waals surface area (Å²) in [5.41, 5.74) is 2.14. The molecule has 0 unspecified atom stereocenters. The molecule has 0 atom stereocenters. The van der Waals surface area contributed by atoms with Crippen molar-refractivity contribution >= 4 is 57.8 Å². The molecule has 0 bridgehead atoms. The minimum Gasteiger partial charge on any atom is -0.431 e. The first-order valence-electron chi connectivity index (χ1n) is 9.00. The van der Waals surface area contributed by atoms with Crippen LogP contribution in [0.15, 0.2) is 63.3 Å². The summed E-state index contributed by atoms with van der Waals surface area (Å²) >= 11 is 2.06. The Hall–Kier alpha value is -3.11. The van der Waals surface area contributed by atoms with Crippen LogP contribution in [0.25, 0.3) is 17.2 Å². The number of pyridine rings is 1. The number of imide groups is 1. The van der Waals surface area contributed by atoms with Crippen LogP contribution >= 0.6 is 23.5 Å². The van der Waals surface area contributed by atoms with Crippen molar-refractivity contribution in [1.29, 1.82) is 0 Å². The molecule has 0 saturated carbocycles. The van der Waals surface area contributed by atoms with Gasteiger partial charge in [-0.25, -0.2) is 4.98 Å². The van der Waals surface area contributed by atoms with Crippen LogP contribution in [0.2, 0.25) is 0 Å². The lowest BCUT2D eigenvalue weighted by atomic mass is 10.2. The number of thioether (sulfide) groups is 2. The number of oxazole rings is 1. The Labute approximate surface area is 180 Å². The fourth-order valence-electron chi connectivity index (χ4n) is 2.70. The SMILES string of the molecule is O=C(CSc1nc2ccccc2o1)NCCN1C(=O)SC(=Cc2cccnc2)C1=O. The lowest BCUT2D eigenvalue weighted by molar-refractivity contribution is -0.123. The molecule has 1 aliphatic heterocycles. The highest BCUT2D eigenvalue weighted by molar-refractivity contribution is 8.18. The Bertz CT molecular complexity index is 1100. The Morgan fingerprint density at radius 1 is 1.23 bits per heavy atom. The predicted molar refractivity (Wildman–Crippen MR) is 115 cm³/mol. The maximum Gasteiger partial charge on any atom is 0.293 e. The molecular formula is C20H16N4O4S2. The second kappa shape index (κ2) is 9.14. The molecule has 3 heterocycles. The van der Waals surface area contributed by atoms with Gasteiger partial charge >= 0.3 is 0 Å². The number of carbonyl (C=O) groups excluding carboxylic acids is 3. The van der Waals surface area contributed by atoms with Crippen molar-refractivity contribution in [2.75, 3.05) is 18.8 Å². The number of hydrogen-bond acceptors (Lipinski definition) is 8. The van der Waals surface area contributed by atoms with Crippen LogP contribution in [0.4, 0.5) is 4.79 Å². The van der Waals surface area contributed by atoms with Gasteiger partial charge in [-0.15, -0.1) is 0 Å². The summed E-state index contributed by atoms with van der Waals surface area (Å²) in [5.74, 6) is -0.487. The number of amides is 3. The molecule has 1 saturated heterocycles. The van der Waals surface area contributed by atoms with E-state index >= 15 is 0 Å². The third-order valence-corrected chi connectivity index (χ3v) is 5.85. The van der Waals surface area contributed by atoms with Gasteiger partial charge in [-0.3, -0.25) is 24.3 Å². The van der Waals surface area contributed by atoms with E-state index in [1.807, 2.05) is 24.3 Å².